The molecule has 104 valence electrons. The van der Waals surface area contributed by atoms with E-state index in [1.54, 1.807) is 6.33 Å². The molecule has 1 N–H and O–H groups in total. The molecule has 1 aliphatic carbocycles. The minimum absolute atomic E-state index is 0.317. The van der Waals surface area contributed by atoms with Gasteiger partial charge in [0.2, 0.25) is 0 Å². The molecule has 1 aromatic heterocycles. The van der Waals surface area contributed by atoms with Gasteiger partial charge in [-0.2, -0.15) is 0 Å². The lowest BCUT2D eigenvalue weighted by Gasteiger charge is -2.32. The number of nitrogens with zero attached hydrogens (tertiary/aromatic N) is 3. The Hall–Kier alpha value is -1.36. The van der Waals surface area contributed by atoms with Gasteiger partial charge in [-0.05, 0) is 25.2 Å². The van der Waals surface area contributed by atoms with Crippen molar-refractivity contribution in [1.29, 1.82) is 0 Å². The van der Waals surface area contributed by atoms with Crippen molar-refractivity contribution in [3.8, 4) is 0 Å². The van der Waals surface area contributed by atoms with E-state index in [2.05, 4.69) is 9.88 Å². The number of aryl methyl sites for hydroxylation is 1. The number of carboxylic acid groups (broad SMARTS) is 1. The van der Waals surface area contributed by atoms with Gasteiger partial charge in [0, 0.05) is 25.8 Å². The Kier molecular flexibility index (Phi) is 3.31. The van der Waals surface area contributed by atoms with Gasteiger partial charge in [0.1, 0.15) is 6.04 Å². The summed E-state index contributed by atoms with van der Waals surface area (Å²) in [6.45, 7) is 0.703. The lowest BCUT2D eigenvalue weighted by Crippen LogP contribution is -2.42. The summed E-state index contributed by atoms with van der Waals surface area (Å²) in [5.41, 5.74) is 1.09. The second kappa shape index (κ2) is 4.96. The third-order valence-electron chi connectivity index (χ3n) is 4.77. The SMILES string of the molecule is Cn1cncc1CN1[C@@H]2CCCC[C@@H]2C[C@H]1C(=O)O. The summed E-state index contributed by atoms with van der Waals surface area (Å²) < 4.78 is 1.98. The van der Waals surface area contributed by atoms with E-state index in [-0.39, 0.29) is 6.04 Å². The van der Waals surface area contributed by atoms with Gasteiger partial charge in [-0.15, -0.1) is 0 Å². The van der Waals surface area contributed by atoms with E-state index in [1.807, 2.05) is 17.8 Å². The van der Waals surface area contributed by atoms with Crippen LogP contribution in [0, 0.1) is 5.92 Å². The van der Waals surface area contributed by atoms with Gasteiger partial charge in [-0.3, -0.25) is 9.69 Å². The van der Waals surface area contributed by atoms with E-state index < -0.39 is 5.97 Å². The molecule has 19 heavy (non-hydrogen) atoms. The zero-order valence-electron chi connectivity index (χ0n) is 11.3. The van der Waals surface area contributed by atoms with Gasteiger partial charge in [0.05, 0.1) is 12.0 Å². The van der Waals surface area contributed by atoms with Crippen molar-refractivity contribution >= 4 is 5.97 Å². The van der Waals surface area contributed by atoms with E-state index in [9.17, 15) is 9.90 Å². The monoisotopic (exact) mass is 263 g/mol. The normalized spacial score (nSPS) is 31.3. The van der Waals surface area contributed by atoms with Gasteiger partial charge < -0.3 is 9.67 Å². The Labute approximate surface area is 113 Å². The number of rotatable bonds is 3. The summed E-state index contributed by atoms with van der Waals surface area (Å²) in [6, 6.07) is 0.132. The average Bonchev–Trinajstić information content (AvgIpc) is 2.95. The van der Waals surface area contributed by atoms with Crippen LogP contribution in [-0.4, -0.2) is 37.6 Å². The quantitative estimate of drug-likeness (QED) is 0.900. The smallest absolute Gasteiger partial charge is 0.320 e. The molecule has 0 unspecified atom stereocenters. The fourth-order valence-electron chi connectivity index (χ4n) is 3.75. The number of likely N-dealkylation sites (tertiary alicyclic amines) is 1. The molecule has 2 fully saturated rings. The number of aromatic nitrogens is 2. The number of carboxylic acids is 1. The van der Waals surface area contributed by atoms with Crippen LogP contribution < -0.4 is 0 Å². The van der Waals surface area contributed by atoms with Crippen LogP contribution in [0.5, 0.6) is 0 Å². The van der Waals surface area contributed by atoms with Crippen molar-refractivity contribution < 1.29 is 9.90 Å². The Morgan fingerprint density at radius 2 is 2.26 bits per heavy atom. The zero-order valence-corrected chi connectivity index (χ0v) is 11.3. The molecule has 1 aromatic rings. The van der Waals surface area contributed by atoms with Crippen LogP contribution in [0.1, 0.15) is 37.8 Å². The van der Waals surface area contributed by atoms with Crippen molar-refractivity contribution in [2.75, 3.05) is 0 Å². The van der Waals surface area contributed by atoms with Crippen LogP contribution in [-0.2, 0) is 18.4 Å². The molecule has 0 bridgehead atoms. The van der Waals surface area contributed by atoms with E-state index in [0.29, 0.717) is 18.5 Å². The highest BCUT2D eigenvalue weighted by atomic mass is 16.4. The topological polar surface area (TPSA) is 58.4 Å². The first-order chi connectivity index (χ1) is 9.16. The molecule has 3 atom stereocenters. The molecule has 1 saturated heterocycles. The third-order valence-corrected chi connectivity index (χ3v) is 4.77. The largest absolute Gasteiger partial charge is 0.480 e. The van der Waals surface area contributed by atoms with Crippen LogP contribution >= 0.6 is 0 Å². The maximum absolute atomic E-state index is 11.5. The van der Waals surface area contributed by atoms with Gasteiger partial charge >= 0.3 is 5.97 Å². The minimum atomic E-state index is -0.670. The van der Waals surface area contributed by atoms with Crippen LogP contribution in [0.15, 0.2) is 12.5 Å². The summed E-state index contributed by atoms with van der Waals surface area (Å²) in [4.78, 5) is 17.8. The van der Waals surface area contributed by atoms with Crippen LogP contribution in [0.2, 0.25) is 0 Å². The highest BCUT2D eigenvalue weighted by Crippen LogP contribution is 2.40. The van der Waals surface area contributed by atoms with Crippen molar-refractivity contribution in [3.05, 3.63) is 18.2 Å². The standard InChI is InChI=1S/C14H21N3O2/c1-16-9-15-7-11(16)8-17-12-5-3-2-4-10(12)6-13(17)14(18)19/h7,9-10,12-13H,2-6,8H2,1H3,(H,18,19)/t10-,12-,13+/m1/s1. The maximum atomic E-state index is 11.5. The van der Waals surface area contributed by atoms with Crippen molar-refractivity contribution in [3.63, 3.8) is 0 Å². The molecular formula is C14H21N3O2. The van der Waals surface area contributed by atoms with E-state index in [0.717, 1.165) is 18.5 Å². The number of hydrogen-bond acceptors (Lipinski definition) is 3. The third kappa shape index (κ3) is 2.27. The summed E-state index contributed by atoms with van der Waals surface area (Å²) in [6.07, 6.45) is 9.26. The second-order valence-corrected chi connectivity index (χ2v) is 5.87. The van der Waals surface area contributed by atoms with E-state index in [4.69, 9.17) is 0 Å². The molecule has 0 amide bonds. The van der Waals surface area contributed by atoms with Crippen molar-refractivity contribution in [2.45, 2.75) is 50.7 Å². The van der Waals surface area contributed by atoms with Gasteiger partial charge in [0.15, 0.2) is 0 Å². The first-order valence-corrected chi connectivity index (χ1v) is 7.10. The Bertz CT molecular complexity index is 471. The zero-order chi connectivity index (χ0) is 13.4. The molecule has 1 saturated carbocycles. The average molecular weight is 263 g/mol. The molecule has 5 heteroatoms. The predicted octanol–water partition coefficient (Wildman–Crippen LogP) is 1.64. The number of hydrogen-bond donors (Lipinski definition) is 1. The highest BCUT2D eigenvalue weighted by molar-refractivity contribution is 5.74. The maximum Gasteiger partial charge on any atom is 0.320 e. The van der Waals surface area contributed by atoms with Crippen molar-refractivity contribution in [2.24, 2.45) is 13.0 Å². The van der Waals surface area contributed by atoms with E-state index in [1.165, 1.54) is 19.3 Å². The highest BCUT2D eigenvalue weighted by Gasteiger charge is 2.45. The lowest BCUT2D eigenvalue weighted by molar-refractivity contribution is -0.142. The van der Waals surface area contributed by atoms with Crippen molar-refractivity contribution in [1.82, 2.24) is 14.5 Å². The van der Waals surface area contributed by atoms with Gasteiger partial charge in [0.25, 0.3) is 0 Å². The molecule has 5 nitrogen and oxygen atoms in total. The predicted molar refractivity (Wildman–Crippen MR) is 70.5 cm³/mol. The second-order valence-electron chi connectivity index (χ2n) is 5.87. The first-order valence-electron chi connectivity index (χ1n) is 7.10. The van der Waals surface area contributed by atoms with Crippen LogP contribution in [0.3, 0.4) is 0 Å². The number of imidazole rings is 1. The molecule has 1 aliphatic heterocycles. The molecule has 3 rings (SSSR count). The fourth-order valence-corrected chi connectivity index (χ4v) is 3.75. The summed E-state index contributed by atoms with van der Waals surface area (Å²) >= 11 is 0. The number of carbonyl (C=O) groups is 1. The van der Waals surface area contributed by atoms with Crippen LogP contribution in [0.4, 0.5) is 0 Å². The fraction of sp³-hybridized carbons (Fsp3) is 0.714. The number of fused-ring (bicyclic) bond motifs is 1. The molecular weight excluding hydrogens is 242 g/mol. The molecule has 0 spiro atoms. The molecule has 2 heterocycles. The lowest BCUT2D eigenvalue weighted by atomic mass is 9.85. The Balaban J connectivity index is 1.82. The van der Waals surface area contributed by atoms with Gasteiger partial charge in [-0.1, -0.05) is 12.8 Å². The summed E-state index contributed by atoms with van der Waals surface area (Å²) in [5, 5.41) is 9.46. The summed E-state index contributed by atoms with van der Waals surface area (Å²) in [5.74, 6) is -0.0976. The Morgan fingerprint density at radius 1 is 1.47 bits per heavy atom. The molecule has 2 aliphatic rings. The number of aliphatic carboxylic acids is 1. The van der Waals surface area contributed by atoms with E-state index >= 15 is 0 Å². The summed E-state index contributed by atoms with van der Waals surface area (Å²) in [7, 11) is 1.96. The molecule has 0 aromatic carbocycles. The van der Waals surface area contributed by atoms with Gasteiger partial charge in [-0.25, -0.2) is 4.98 Å². The van der Waals surface area contributed by atoms with Crippen LogP contribution in [0.25, 0.3) is 0 Å². The molecule has 0 radical (unpaired) electrons. The Morgan fingerprint density at radius 3 is 2.95 bits per heavy atom. The first kappa shape index (κ1) is 12.7. The minimum Gasteiger partial charge on any atom is -0.480 e.